The molecule has 0 radical (unpaired) electrons. The van der Waals surface area contributed by atoms with Gasteiger partial charge in [0.25, 0.3) is 0 Å². The third-order valence-corrected chi connectivity index (χ3v) is 5.71. The van der Waals surface area contributed by atoms with E-state index in [-0.39, 0.29) is 5.82 Å². The van der Waals surface area contributed by atoms with E-state index in [9.17, 15) is 13.5 Å². The molecule has 0 amide bonds. The molecule has 0 fully saturated rings. The van der Waals surface area contributed by atoms with Crippen molar-refractivity contribution in [3.8, 4) is 0 Å². The minimum atomic E-state index is -3.26. The van der Waals surface area contributed by atoms with Crippen LogP contribution in [0.5, 0.6) is 0 Å². The molecule has 0 saturated heterocycles. The van der Waals surface area contributed by atoms with Crippen LogP contribution in [0, 0.1) is 12.7 Å². The number of halogens is 1. The standard InChI is InChI=1S/C16H20FN3O2S/c1-12-11-13(17)7-8-14(12)20-16-6-3-2-5-15(16)19(10-4-9-18)23(20,21)22/h2-3,5-8,11,21-22H,4,9-10,18H2,1H3. The van der Waals surface area contributed by atoms with Gasteiger partial charge in [-0.1, -0.05) is 12.1 Å². The first-order valence-corrected chi connectivity index (χ1v) is 8.84. The van der Waals surface area contributed by atoms with E-state index in [4.69, 9.17) is 5.73 Å². The molecule has 5 nitrogen and oxygen atoms in total. The topological polar surface area (TPSA) is 73.0 Å². The van der Waals surface area contributed by atoms with E-state index in [2.05, 4.69) is 0 Å². The fourth-order valence-corrected chi connectivity index (χ4v) is 4.67. The highest BCUT2D eigenvalue weighted by molar-refractivity contribution is 8.27. The van der Waals surface area contributed by atoms with Crippen LogP contribution in [0.2, 0.25) is 0 Å². The van der Waals surface area contributed by atoms with Crippen molar-refractivity contribution in [2.75, 3.05) is 21.7 Å². The van der Waals surface area contributed by atoms with Gasteiger partial charge in [-0.25, -0.2) is 8.70 Å². The lowest BCUT2D eigenvalue weighted by Gasteiger charge is -2.44. The third kappa shape index (κ3) is 2.66. The number of hydrogen-bond donors (Lipinski definition) is 3. The molecule has 0 aromatic heterocycles. The maximum atomic E-state index is 13.4. The van der Waals surface area contributed by atoms with Gasteiger partial charge in [-0.3, -0.25) is 13.4 Å². The molecule has 2 aromatic carbocycles. The summed E-state index contributed by atoms with van der Waals surface area (Å²) >= 11 is 0. The van der Waals surface area contributed by atoms with Crippen LogP contribution < -0.4 is 14.3 Å². The molecule has 124 valence electrons. The van der Waals surface area contributed by atoms with Gasteiger partial charge >= 0.3 is 0 Å². The number of fused-ring (bicyclic) bond motifs is 1. The second-order valence-electron chi connectivity index (χ2n) is 5.45. The normalized spacial score (nSPS) is 17.3. The predicted octanol–water partition coefficient (Wildman–Crippen LogP) is 4.02. The van der Waals surface area contributed by atoms with Crippen LogP contribution in [0.15, 0.2) is 42.5 Å². The lowest BCUT2D eigenvalue weighted by Crippen LogP contribution is -2.32. The van der Waals surface area contributed by atoms with Crippen LogP contribution >= 0.6 is 11.0 Å². The van der Waals surface area contributed by atoms with Crippen molar-refractivity contribution < 1.29 is 13.5 Å². The summed E-state index contributed by atoms with van der Waals surface area (Å²) in [5, 5.41) is 0. The summed E-state index contributed by atoms with van der Waals surface area (Å²) in [7, 11) is -3.26. The third-order valence-electron chi connectivity index (χ3n) is 3.85. The average Bonchev–Trinajstić information content (AvgIpc) is 2.72. The van der Waals surface area contributed by atoms with Crippen molar-refractivity contribution in [2.45, 2.75) is 13.3 Å². The molecule has 1 aliphatic heterocycles. The van der Waals surface area contributed by atoms with Crippen LogP contribution in [0.25, 0.3) is 0 Å². The van der Waals surface area contributed by atoms with Crippen LogP contribution in [-0.2, 0) is 0 Å². The summed E-state index contributed by atoms with van der Waals surface area (Å²) in [6, 6.07) is 11.6. The van der Waals surface area contributed by atoms with Crippen molar-refractivity contribution in [3.63, 3.8) is 0 Å². The van der Waals surface area contributed by atoms with Gasteiger partial charge in [0.2, 0.25) is 0 Å². The molecule has 0 saturated carbocycles. The molecule has 2 aromatic rings. The van der Waals surface area contributed by atoms with E-state index >= 15 is 0 Å². The first-order valence-electron chi connectivity index (χ1n) is 7.38. The van der Waals surface area contributed by atoms with Gasteiger partial charge in [0.1, 0.15) is 5.82 Å². The van der Waals surface area contributed by atoms with E-state index in [0.29, 0.717) is 36.4 Å². The average molecular weight is 337 g/mol. The van der Waals surface area contributed by atoms with E-state index in [1.165, 1.54) is 16.4 Å². The highest BCUT2D eigenvalue weighted by Crippen LogP contribution is 2.64. The fourth-order valence-electron chi connectivity index (χ4n) is 2.80. The first kappa shape index (κ1) is 16.1. The van der Waals surface area contributed by atoms with Crippen molar-refractivity contribution >= 4 is 28.0 Å². The molecule has 1 aliphatic rings. The molecule has 0 bridgehead atoms. The molecule has 23 heavy (non-hydrogen) atoms. The second kappa shape index (κ2) is 6.01. The zero-order valence-corrected chi connectivity index (χ0v) is 13.6. The molecule has 0 spiro atoms. The SMILES string of the molecule is Cc1cc(F)ccc1N1c2ccccc2N(CCCN)S1(O)O. The lowest BCUT2D eigenvalue weighted by atomic mass is 10.1. The van der Waals surface area contributed by atoms with E-state index in [0.717, 1.165) is 5.69 Å². The number of benzene rings is 2. The Morgan fingerprint density at radius 3 is 2.43 bits per heavy atom. The first-order chi connectivity index (χ1) is 11.0. The Morgan fingerprint density at radius 2 is 1.78 bits per heavy atom. The summed E-state index contributed by atoms with van der Waals surface area (Å²) < 4.78 is 38.2. The van der Waals surface area contributed by atoms with Gasteiger partial charge < -0.3 is 5.73 Å². The lowest BCUT2D eigenvalue weighted by molar-refractivity contribution is 0.484. The summed E-state index contributed by atoms with van der Waals surface area (Å²) in [6.07, 6.45) is 0.639. The molecule has 7 heteroatoms. The number of nitrogens with zero attached hydrogens (tertiary/aromatic N) is 2. The maximum absolute atomic E-state index is 13.4. The molecule has 0 atom stereocenters. The summed E-state index contributed by atoms with van der Waals surface area (Å²) in [5.41, 5.74) is 8.22. The zero-order chi connectivity index (χ0) is 16.6. The Morgan fingerprint density at radius 1 is 1.09 bits per heavy atom. The van der Waals surface area contributed by atoms with Gasteiger partial charge in [0.15, 0.2) is 0 Å². The molecule has 0 unspecified atom stereocenters. The van der Waals surface area contributed by atoms with Gasteiger partial charge in [-0.2, -0.15) is 0 Å². The number of nitrogens with two attached hydrogens (primary N) is 1. The quantitative estimate of drug-likeness (QED) is 0.786. The number of hydrogen-bond acceptors (Lipinski definition) is 5. The van der Waals surface area contributed by atoms with Crippen LogP contribution in [0.4, 0.5) is 21.5 Å². The maximum Gasteiger partial charge on any atom is 0.123 e. The minimum absolute atomic E-state index is 0.352. The number of para-hydroxylation sites is 2. The van der Waals surface area contributed by atoms with Gasteiger partial charge in [-0.05, 0) is 66.7 Å². The Labute approximate surface area is 136 Å². The highest BCUT2D eigenvalue weighted by atomic mass is 32.3. The summed E-state index contributed by atoms with van der Waals surface area (Å²) in [5.74, 6) is -0.352. The van der Waals surface area contributed by atoms with Gasteiger partial charge in [0.05, 0.1) is 17.1 Å². The Balaban J connectivity index is 2.12. The largest absolute Gasteiger partial charge is 0.330 e. The molecular formula is C16H20FN3O2S. The Hall–Kier alpha value is -1.80. The second-order valence-corrected chi connectivity index (χ2v) is 7.23. The van der Waals surface area contributed by atoms with Gasteiger partial charge in [-0.15, -0.1) is 0 Å². The minimum Gasteiger partial charge on any atom is -0.330 e. The molecular weight excluding hydrogens is 317 g/mol. The Bertz CT molecular complexity index is 726. The highest BCUT2D eigenvalue weighted by Gasteiger charge is 2.41. The molecule has 4 N–H and O–H groups in total. The van der Waals surface area contributed by atoms with Crippen molar-refractivity contribution in [1.29, 1.82) is 0 Å². The van der Waals surface area contributed by atoms with Crippen molar-refractivity contribution in [1.82, 2.24) is 0 Å². The van der Waals surface area contributed by atoms with Crippen LogP contribution in [0.1, 0.15) is 12.0 Å². The molecule has 0 aliphatic carbocycles. The van der Waals surface area contributed by atoms with Gasteiger partial charge in [0, 0.05) is 6.54 Å². The van der Waals surface area contributed by atoms with Crippen LogP contribution in [-0.4, -0.2) is 22.2 Å². The smallest absolute Gasteiger partial charge is 0.123 e. The number of anilines is 3. The van der Waals surface area contributed by atoms with Crippen molar-refractivity contribution in [2.24, 2.45) is 5.73 Å². The van der Waals surface area contributed by atoms with E-state index < -0.39 is 11.0 Å². The van der Waals surface area contributed by atoms with Crippen molar-refractivity contribution in [3.05, 3.63) is 53.8 Å². The zero-order valence-electron chi connectivity index (χ0n) is 12.8. The number of aryl methyl sites for hydroxylation is 1. The van der Waals surface area contributed by atoms with E-state index in [1.54, 1.807) is 17.3 Å². The van der Waals surface area contributed by atoms with E-state index in [1.807, 2.05) is 24.3 Å². The molecule has 1 heterocycles. The summed E-state index contributed by atoms with van der Waals surface area (Å²) in [4.78, 5) is 0. The molecule has 3 rings (SSSR count). The Kier molecular flexibility index (Phi) is 4.20. The monoisotopic (exact) mass is 337 g/mol. The predicted molar refractivity (Wildman–Crippen MR) is 93.6 cm³/mol. The fraction of sp³-hybridized carbons (Fsp3) is 0.250. The van der Waals surface area contributed by atoms with Crippen LogP contribution in [0.3, 0.4) is 0 Å². The summed E-state index contributed by atoms with van der Waals surface area (Å²) in [6.45, 7) is 2.65. The number of rotatable bonds is 4.